The molecule has 0 bridgehead atoms. The van der Waals surface area contributed by atoms with Crippen LogP contribution in [0, 0.1) is 0 Å². The van der Waals surface area contributed by atoms with E-state index in [0.29, 0.717) is 13.0 Å². The van der Waals surface area contributed by atoms with E-state index in [1.54, 1.807) is 4.68 Å². The van der Waals surface area contributed by atoms with Crippen LogP contribution in [0.2, 0.25) is 0 Å². The lowest BCUT2D eigenvalue weighted by Gasteiger charge is -2.01. The van der Waals surface area contributed by atoms with Gasteiger partial charge in [-0.1, -0.05) is 22.9 Å². The van der Waals surface area contributed by atoms with Crippen molar-refractivity contribution in [2.75, 3.05) is 6.54 Å². The minimum absolute atomic E-state index is 0.000350. The molecule has 0 aliphatic carbocycles. The number of aromatic nitrogens is 2. The Bertz CT molecular complexity index is 583. The van der Waals surface area contributed by atoms with Gasteiger partial charge in [-0.15, -0.1) is 0 Å². The van der Waals surface area contributed by atoms with Gasteiger partial charge in [0.25, 0.3) is 5.56 Å². The summed E-state index contributed by atoms with van der Waals surface area (Å²) in [5.74, 6) is 0. The summed E-state index contributed by atoms with van der Waals surface area (Å²) in [6.45, 7) is 2.51. The Morgan fingerprint density at radius 2 is 2.00 bits per heavy atom. The summed E-state index contributed by atoms with van der Waals surface area (Å²) in [6, 6.07) is 7.62. The Balaban J connectivity index is 2.52. The minimum atomic E-state index is -0.000350. The molecule has 0 aliphatic heterocycles. The third-order valence-corrected chi connectivity index (χ3v) is 3.43. The van der Waals surface area contributed by atoms with Crippen molar-refractivity contribution in [1.82, 2.24) is 9.78 Å². The first-order valence-electron chi connectivity index (χ1n) is 5.96. The van der Waals surface area contributed by atoms with Gasteiger partial charge in [0.2, 0.25) is 0 Å². The summed E-state index contributed by atoms with van der Waals surface area (Å²) in [7, 11) is 0. The van der Waals surface area contributed by atoms with Crippen molar-refractivity contribution >= 4 is 15.9 Å². The summed E-state index contributed by atoms with van der Waals surface area (Å²) in [6.07, 6.45) is 1.41. The Labute approximate surface area is 114 Å². The Hall–Kier alpha value is -1.33. The molecule has 2 aromatic rings. The van der Waals surface area contributed by atoms with Crippen LogP contribution in [0.3, 0.4) is 0 Å². The summed E-state index contributed by atoms with van der Waals surface area (Å²) < 4.78 is 2.57. The number of hydrogen-bond donors (Lipinski definition) is 2. The number of benzene rings is 1. The van der Waals surface area contributed by atoms with Crippen LogP contribution in [0.5, 0.6) is 0 Å². The van der Waals surface area contributed by atoms with Crippen molar-refractivity contribution in [1.29, 1.82) is 0 Å². The number of hydrogen-bond acceptors (Lipinski definition) is 2. The van der Waals surface area contributed by atoms with Crippen LogP contribution in [0.15, 0.2) is 33.5 Å². The number of H-pyrrole nitrogens is 1. The van der Waals surface area contributed by atoms with Gasteiger partial charge in [0, 0.05) is 15.7 Å². The van der Waals surface area contributed by atoms with E-state index in [1.807, 2.05) is 31.2 Å². The summed E-state index contributed by atoms with van der Waals surface area (Å²) >= 11 is 3.38. The van der Waals surface area contributed by atoms with Gasteiger partial charge in [0.15, 0.2) is 0 Å². The van der Waals surface area contributed by atoms with Gasteiger partial charge >= 0.3 is 0 Å². The predicted molar refractivity (Wildman–Crippen MR) is 76.2 cm³/mol. The number of aromatic amines is 1. The van der Waals surface area contributed by atoms with Crippen molar-refractivity contribution in [3.63, 3.8) is 0 Å². The fourth-order valence-electron chi connectivity index (χ4n) is 1.98. The maximum atomic E-state index is 12.3. The van der Waals surface area contributed by atoms with Crippen LogP contribution in [0.25, 0.3) is 5.69 Å². The zero-order valence-corrected chi connectivity index (χ0v) is 11.8. The van der Waals surface area contributed by atoms with Crippen LogP contribution in [0.4, 0.5) is 0 Å². The molecule has 18 heavy (non-hydrogen) atoms. The summed E-state index contributed by atoms with van der Waals surface area (Å²) in [5.41, 5.74) is 8.15. The van der Waals surface area contributed by atoms with Crippen LogP contribution >= 0.6 is 15.9 Å². The van der Waals surface area contributed by atoms with Gasteiger partial charge in [-0.3, -0.25) is 9.89 Å². The molecule has 2 rings (SSSR count). The van der Waals surface area contributed by atoms with E-state index in [9.17, 15) is 4.79 Å². The smallest absolute Gasteiger partial charge is 0.274 e. The molecule has 0 unspecified atom stereocenters. The molecule has 0 spiro atoms. The lowest BCUT2D eigenvalue weighted by molar-refractivity contribution is 0.819. The van der Waals surface area contributed by atoms with E-state index in [2.05, 4.69) is 21.0 Å². The molecular weight excluding hydrogens is 294 g/mol. The Morgan fingerprint density at radius 3 is 2.56 bits per heavy atom. The number of halogens is 1. The van der Waals surface area contributed by atoms with Gasteiger partial charge in [0.05, 0.1) is 5.69 Å². The highest BCUT2D eigenvalue weighted by atomic mass is 79.9. The molecule has 0 fully saturated rings. The van der Waals surface area contributed by atoms with Gasteiger partial charge in [0.1, 0.15) is 0 Å². The van der Waals surface area contributed by atoms with Crippen LogP contribution in [0.1, 0.15) is 18.2 Å². The molecule has 0 saturated heterocycles. The number of nitrogens with zero attached hydrogens (tertiary/aromatic N) is 1. The van der Waals surface area contributed by atoms with Gasteiger partial charge < -0.3 is 5.73 Å². The van der Waals surface area contributed by atoms with E-state index < -0.39 is 0 Å². The molecule has 0 amide bonds. The van der Waals surface area contributed by atoms with Crippen molar-refractivity contribution in [3.8, 4) is 5.69 Å². The van der Waals surface area contributed by atoms with Gasteiger partial charge in [-0.25, -0.2) is 4.68 Å². The highest BCUT2D eigenvalue weighted by Crippen LogP contribution is 2.13. The molecule has 1 aromatic carbocycles. The lowest BCUT2D eigenvalue weighted by atomic mass is 10.1. The van der Waals surface area contributed by atoms with Crippen LogP contribution < -0.4 is 11.3 Å². The average Bonchev–Trinajstić information content (AvgIpc) is 2.69. The highest BCUT2D eigenvalue weighted by Gasteiger charge is 2.12. The molecule has 1 aromatic heterocycles. The monoisotopic (exact) mass is 309 g/mol. The molecule has 0 atom stereocenters. The first kappa shape index (κ1) is 13.1. The zero-order chi connectivity index (χ0) is 13.1. The second kappa shape index (κ2) is 5.54. The first-order valence-corrected chi connectivity index (χ1v) is 6.75. The third-order valence-electron chi connectivity index (χ3n) is 2.91. The lowest BCUT2D eigenvalue weighted by Crippen LogP contribution is -2.19. The third kappa shape index (κ3) is 2.42. The standard InChI is InChI=1S/C13H16BrN3O/c1-2-12-11(7-8-15)13(18)17(16-12)10-5-3-9(14)4-6-10/h3-6,16H,2,7-8,15H2,1H3. The van der Waals surface area contributed by atoms with E-state index in [-0.39, 0.29) is 5.56 Å². The second-order valence-corrected chi connectivity index (χ2v) is 4.99. The largest absolute Gasteiger partial charge is 0.330 e. The minimum Gasteiger partial charge on any atom is -0.330 e. The number of nitrogens with two attached hydrogens (primary N) is 1. The number of rotatable bonds is 4. The molecule has 3 N–H and O–H groups in total. The van der Waals surface area contributed by atoms with E-state index in [0.717, 1.165) is 27.8 Å². The van der Waals surface area contributed by atoms with Crippen molar-refractivity contribution in [2.24, 2.45) is 5.73 Å². The SMILES string of the molecule is CCc1[nH]n(-c2ccc(Br)cc2)c(=O)c1CCN. The van der Waals surface area contributed by atoms with E-state index >= 15 is 0 Å². The topological polar surface area (TPSA) is 63.8 Å². The molecular formula is C13H16BrN3O. The quantitative estimate of drug-likeness (QED) is 0.907. The van der Waals surface area contributed by atoms with Gasteiger partial charge in [-0.2, -0.15) is 0 Å². The number of nitrogens with one attached hydrogen (secondary N) is 1. The Kier molecular flexibility index (Phi) is 4.04. The zero-order valence-electron chi connectivity index (χ0n) is 10.2. The molecule has 1 heterocycles. The van der Waals surface area contributed by atoms with Crippen molar-refractivity contribution < 1.29 is 0 Å². The first-order chi connectivity index (χ1) is 8.67. The second-order valence-electron chi connectivity index (χ2n) is 4.08. The van der Waals surface area contributed by atoms with Crippen LogP contribution in [-0.2, 0) is 12.8 Å². The fourth-order valence-corrected chi connectivity index (χ4v) is 2.25. The Morgan fingerprint density at radius 1 is 1.33 bits per heavy atom. The molecule has 0 saturated carbocycles. The van der Waals surface area contributed by atoms with E-state index in [1.165, 1.54) is 0 Å². The molecule has 5 heteroatoms. The summed E-state index contributed by atoms with van der Waals surface area (Å²) in [5, 5.41) is 3.15. The van der Waals surface area contributed by atoms with Crippen molar-refractivity contribution in [2.45, 2.75) is 19.8 Å². The highest BCUT2D eigenvalue weighted by molar-refractivity contribution is 9.10. The molecule has 4 nitrogen and oxygen atoms in total. The maximum Gasteiger partial charge on any atom is 0.274 e. The predicted octanol–water partition coefficient (Wildman–Crippen LogP) is 1.99. The number of aryl methyl sites for hydroxylation is 1. The molecule has 0 radical (unpaired) electrons. The maximum absolute atomic E-state index is 12.3. The van der Waals surface area contributed by atoms with E-state index in [4.69, 9.17) is 5.73 Å². The van der Waals surface area contributed by atoms with Crippen molar-refractivity contribution in [3.05, 3.63) is 50.3 Å². The summed E-state index contributed by atoms with van der Waals surface area (Å²) in [4.78, 5) is 12.3. The van der Waals surface area contributed by atoms with Crippen LogP contribution in [-0.4, -0.2) is 16.3 Å². The van der Waals surface area contributed by atoms with Gasteiger partial charge in [-0.05, 0) is 43.7 Å². The molecule has 96 valence electrons. The normalized spacial score (nSPS) is 10.8. The molecule has 0 aliphatic rings. The fraction of sp³-hybridized carbons (Fsp3) is 0.308. The average molecular weight is 310 g/mol.